The van der Waals surface area contributed by atoms with Gasteiger partial charge in [0.05, 0.1) is 17.3 Å². The minimum absolute atomic E-state index is 0.0769. The van der Waals surface area contributed by atoms with Gasteiger partial charge in [-0.3, -0.25) is 0 Å². The third-order valence-corrected chi connectivity index (χ3v) is 5.02. The van der Waals surface area contributed by atoms with E-state index in [9.17, 15) is 5.11 Å². The molecule has 0 aromatic heterocycles. The molecule has 1 aromatic carbocycles. The van der Waals surface area contributed by atoms with Gasteiger partial charge in [-0.15, -0.1) is 0 Å². The van der Waals surface area contributed by atoms with Crippen molar-refractivity contribution in [3.05, 3.63) is 32.7 Å². The number of halogens is 2. The highest BCUT2D eigenvalue weighted by Crippen LogP contribution is 2.48. The van der Waals surface area contributed by atoms with E-state index in [-0.39, 0.29) is 17.1 Å². The largest absolute Gasteiger partial charge is 0.388 e. The lowest BCUT2D eigenvalue weighted by Crippen LogP contribution is -2.32. The SMILES string of the molecule is CC1(C)CC(C(O)c2cc(Br)ccc2Br)C(C)(C)O1. The Labute approximate surface area is 131 Å². The van der Waals surface area contributed by atoms with E-state index in [1.165, 1.54) is 0 Å². The molecule has 1 heterocycles. The van der Waals surface area contributed by atoms with Crippen LogP contribution in [0, 0.1) is 5.92 Å². The molecule has 1 saturated heterocycles. The second kappa shape index (κ2) is 5.14. The van der Waals surface area contributed by atoms with Crippen LogP contribution >= 0.6 is 31.9 Å². The maximum absolute atomic E-state index is 10.8. The summed E-state index contributed by atoms with van der Waals surface area (Å²) in [4.78, 5) is 0. The standard InChI is InChI=1S/C15H20Br2O2/c1-14(2)8-11(15(3,4)19-14)13(18)10-7-9(16)5-6-12(10)17/h5-7,11,13,18H,8H2,1-4H3. The van der Waals surface area contributed by atoms with Crippen molar-refractivity contribution in [2.45, 2.75) is 51.4 Å². The molecule has 0 spiro atoms. The van der Waals surface area contributed by atoms with Gasteiger partial charge >= 0.3 is 0 Å². The van der Waals surface area contributed by atoms with Crippen LogP contribution in [0.1, 0.15) is 45.8 Å². The van der Waals surface area contributed by atoms with E-state index >= 15 is 0 Å². The van der Waals surface area contributed by atoms with Gasteiger partial charge in [0.1, 0.15) is 0 Å². The molecular formula is C15H20Br2O2. The molecule has 1 aromatic rings. The predicted octanol–water partition coefficient (Wildman–Crippen LogP) is 4.84. The summed E-state index contributed by atoms with van der Waals surface area (Å²) < 4.78 is 7.98. The Balaban J connectivity index is 2.34. The number of aliphatic hydroxyl groups excluding tert-OH is 1. The second-order valence-corrected chi connectivity index (χ2v) is 8.16. The normalized spacial score (nSPS) is 26.4. The Morgan fingerprint density at radius 1 is 1.26 bits per heavy atom. The van der Waals surface area contributed by atoms with Crippen LogP contribution in [-0.2, 0) is 4.74 Å². The fraction of sp³-hybridized carbons (Fsp3) is 0.600. The highest BCUT2D eigenvalue weighted by Gasteiger charge is 2.49. The zero-order valence-electron chi connectivity index (χ0n) is 11.7. The molecule has 1 aliphatic rings. The van der Waals surface area contributed by atoms with Gasteiger partial charge in [0.2, 0.25) is 0 Å². The van der Waals surface area contributed by atoms with Crippen molar-refractivity contribution >= 4 is 31.9 Å². The average Bonchev–Trinajstić information content (AvgIpc) is 2.49. The van der Waals surface area contributed by atoms with E-state index in [2.05, 4.69) is 59.6 Å². The Morgan fingerprint density at radius 2 is 1.89 bits per heavy atom. The van der Waals surface area contributed by atoms with E-state index in [0.29, 0.717) is 0 Å². The number of hydrogen-bond acceptors (Lipinski definition) is 2. The molecule has 2 nitrogen and oxygen atoms in total. The van der Waals surface area contributed by atoms with Crippen LogP contribution in [0.25, 0.3) is 0 Å². The van der Waals surface area contributed by atoms with Crippen molar-refractivity contribution in [3.8, 4) is 0 Å². The zero-order valence-corrected chi connectivity index (χ0v) is 14.9. The van der Waals surface area contributed by atoms with E-state index in [0.717, 1.165) is 20.9 Å². The van der Waals surface area contributed by atoms with E-state index in [4.69, 9.17) is 4.74 Å². The first-order valence-corrected chi connectivity index (χ1v) is 8.04. The van der Waals surface area contributed by atoms with Gasteiger partial charge < -0.3 is 9.84 Å². The van der Waals surface area contributed by atoms with Crippen LogP contribution in [0.5, 0.6) is 0 Å². The van der Waals surface area contributed by atoms with E-state index < -0.39 is 6.10 Å². The Kier molecular flexibility index (Phi) is 4.19. The Hall–Kier alpha value is 0.1000. The average molecular weight is 392 g/mol. The van der Waals surface area contributed by atoms with Crippen molar-refractivity contribution in [2.24, 2.45) is 5.92 Å². The highest BCUT2D eigenvalue weighted by atomic mass is 79.9. The van der Waals surface area contributed by atoms with Gasteiger partial charge in [0.15, 0.2) is 0 Å². The number of aliphatic hydroxyl groups is 1. The van der Waals surface area contributed by atoms with Crippen molar-refractivity contribution in [3.63, 3.8) is 0 Å². The minimum atomic E-state index is -0.538. The van der Waals surface area contributed by atoms with Crippen LogP contribution in [0.2, 0.25) is 0 Å². The molecule has 19 heavy (non-hydrogen) atoms. The van der Waals surface area contributed by atoms with Crippen molar-refractivity contribution in [1.29, 1.82) is 0 Å². The first kappa shape index (κ1) is 15.5. The second-order valence-electron chi connectivity index (χ2n) is 6.39. The summed E-state index contributed by atoms with van der Waals surface area (Å²) in [5.41, 5.74) is 0.395. The Morgan fingerprint density at radius 3 is 2.42 bits per heavy atom. The maximum atomic E-state index is 10.8. The molecule has 0 saturated carbocycles. The summed E-state index contributed by atoms with van der Waals surface area (Å²) in [6, 6.07) is 5.88. The lowest BCUT2D eigenvalue weighted by molar-refractivity contribution is -0.0881. The monoisotopic (exact) mass is 390 g/mol. The molecule has 2 atom stereocenters. The third kappa shape index (κ3) is 3.23. The van der Waals surface area contributed by atoms with E-state index in [1.807, 2.05) is 18.2 Å². The lowest BCUT2D eigenvalue weighted by Gasteiger charge is -2.31. The van der Waals surface area contributed by atoms with Crippen LogP contribution in [0.3, 0.4) is 0 Å². The topological polar surface area (TPSA) is 29.5 Å². The first-order chi connectivity index (χ1) is 8.62. The summed E-state index contributed by atoms with van der Waals surface area (Å²) >= 11 is 6.98. The van der Waals surface area contributed by atoms with Crippen LogP contribution in [0.15, 0.2) is 27.1 Å². The van der Waals surface area contributed by atoms with Crippen LogP contribution in [-0.4, -0.2) is 16.3 Å². The molecule has 4 heteroatoms. The summed E-state index contributed by atoms with van der Waals surface area (Å²) in [5.74, 6) is 0.0769. The van der Waals surface area contributed by atoms with Gasteiger partial charge in [-0.2, -0.15) is 0 Å². The molecule has 0 amide bonds. The summed E-state index contributed by atoms with van der Waals surface area (Å²) in [7, 11) is 0. The van der Waals surface area contributed by atoms with Gasteiger partial charge in [-0.05, 0) is 57.9 Å². The zero-order chi connectivity index (χ0) is 14.4. The fourth-order valence-corrected chi connectivity index (χ4v) is 3.91. The molecule has 2 unspecified atom stereocenters. The van der Waals surface area contributed by atoms with Gasteiger partial charge in [-0.25, -0.2) is 0 Å². The van der Waals surface area contributed by atoms with Gasteiger partial charge in [0.25, 0.3) is 0 Å². The predicted molar refractivity (Wildman–Crippen MR) is 84.2 cm³/mol. The molecule has 106 valence electrons. The molecule has 0 radical (unpaired) electrons. The number of hydrogen-bond donors (Lipinski definition) is 1. The van der Waals surface area contributed by atoms with Gasteiger partial charge in [0, 0.05) is 14.9 Å². The molecule has 1 N–H and O–H groups in total. The first-order valence-electron chi connectivity index (χ1n) is 6.45. The molecule has 0 bridgehead atoms. The lowest BCUT2D eigenvalue weighted by atomic mass is 9.80. The van der Waals surface area contributed by atoms with Crippen molar-refractivity contribution in [1.82, 2.24) is 0 Å². The fourth-order valence-electron chi connectivity index (χ4n) is 3.05. The van der Waals surface area contributed by atoms with Crippen molar-refractivity contribution in [2.75, 3.05) is 0 Å². The van der Waals surface area contributed by atoms with E-state index in [1.54, 1.807) is 0 Å². The number of rotatable bonds is 2. The molecule has 0 aliphatic carbocycles. The summed E-state index contributed by atoms with van der Waals surface area (Å²) in [5, 5.41) is 10.8. The molecule has 2 rings (SSSR count). The smallest absolute Gasteiger partial charge is 0.0857 e. The third-order valence-electron chi connectivity index (χ3n) is 3.80. The molecule has 1 fully saturated rings. The summed E-state index contributed by atoms with van der Waals surface area (Å²) in [6.45, 7) is 8.28. The Bertz CT molecular complexity index is 483. The quantitative estimate of drug-likeness (QED) is 0.781. The van der Waals surface area contributed by atoms with Gasteiger partial charge in [-0.1, -0.05) is 31.9 Å². The number of benzene rings is 1. The maximum Gasteiger partial charge on any atom is 0.0857 e. The molecule has 1 aliphatic heterocycles. The minimum Gasteiger partial charge on any atom is -0.388 e. The van der Waals surface area contributed by atoms with Crippen molar-refractivity contribution < 1.29 is 9.84 Å². The highest BCUT2D eigenvalue weighted by molar-refractivity contribution is 9.11. The molecular weight excluding hydrogens is 372 g/mol. The summed E-state index contributed by atoms with van der Waals surface area (Å²) in [6.07, 6.45) is 0.309. The number of ether oxygens (including phenoxy) is 1. The van der Waals surface area contributed by atoms with Crippen LogP contribution < -0.4 is 0 Å². The van der Waals surface area contributed by atoms with Crippen LogP contribution in [0.4, 0.5) is 0 Å².